The number of carbonyl (C=O) groups is 1. The normalized spacial score (nSPS) is 14.8. The van der Waals surface area contributed by atoms with Crippen molar-refractivity contribution in [3.8, 4) is 0 Å². The molecule has 1 aromatic heterocycles. The molecule has 5 rings (SSSR count). The highest BCUT2D eigenvalue weighted by molar-refractivity contribution is 6.03. The summed E-state index contributed by atoms with van der Waals surface area (Å²) in [4.78, 5) is 23.5. The molecule has 5 heteroatoms. The standard InChI is InChI=1S/C28H27N3O2/c1-31(23-11-14-33-15-12-23)19-30-28-22(18-32)17-21(24-6-2-3-8-26(24)28)16-20-10-13-29-27-9-5-4-7-25(20)27/h2-10,13,17-19,23H,11-12,14-16H2,1H3. The molecule has 0 amide bonds. The van der Waals surface area contributed by atoms with Crippen LogP contribution in [0.4, 0.5) is 5.69 Å². The van der Waals surface area contributed by atoms with Crippen molar-refractivity contribution in [2.75, 3.05) is 20.3 Å². The maximum atomic E-state index is 12.1. The molecule has 0 bridgehead atoms. The van der Waals surface area contributed by atoms with E-state index in [0.29, 0.717) is 11.6 Å². The Morgan fingerprint density at radius 2 is 1.73 bits per heavy atom. The third-order valence-corrected chi connectivity index (χ3v) is 6.51. The zero-order valence-electron chi connectivity index (χ0n) is 18.8. The summed E-state index contributed by atoms with van der Waals surface area (Å²) in [6.07, 6.45) is 7.33. The Morgan fingerprint density at radius 1 is 1.00 bits per heavy atom. The van der Waals surface area contributed by atoms with Crippen molar-refractivity contribution >= 4 is 40.0 Å². The second-order valence-electron chi connectivity index (χ2n) is 8.55. The third kappa shape index (κ3) is 4.37. The number of aldehydes is 1. The molecular weight excluding hydrogens is 410 g/mol. The molecular formula is C28H27N3O2. The topological polar surface area (TPSA) is 54.8 Å². The molecule has 166 valence electrons. The van der Waals surface area contributed by atoms with Crippen LogP contribution in [0.3, 0.4) is 0 Å². The van der Waals surface area contributed by atoms with Gasteiger partial charge in [0.1, 0.15) is 0 Å². The predicted molar refractivity (Wildman–Crippen MR) is 134 cm³/mol. The van der Waals surface area contributed by atoms with Gasteiger partial charge in [0.05, 0.1) is 17.5 Å². The molecule has 4 aromatic rings. The minimum absolute atomic E-state index is 0.410. The van der Waals surface area contributed by atoms with Crippen molar-refractivity contribution in [1.29, 1.82) is 0 Å². The third-order valence-electron chi connectivity index (χ3n) is 6.51. The Labute approximate surface area is 193 Å². The number of aromatic nitrogens is 1. The van der Waals surface area contributed by atoms with Gasteiger partial charge >= 0.3 is 0 Å². The van der Waals surface area contributed by atoms with Gasteiger partial charge in [-0.25, -0.2) is 4.99 Å². The number of hydrogen-bond acceptors (Lipinski definition) is 4. The summed E-state index contributed by atoms with van der Waals surface area (Å²) >= 11 is 0. The van der Waals surface area contributed by atoms with Crippen LogP contribution in [0.25, 0.3) is 21.7 Å². The second kappa shape index (κ2) is 9.51. The molecule has 0 N–H and O–H groups in total. The van der Waals surface area contributed by atoms with E-state index in [1.54, 1.807) is 0 Å². The van der Waals surface area contributed by atoms with Gasteiger partial charge in [0.2, 0.25) is 0 Å². The number of nitrogens with zero attached hydrogens (tertiary/aromatic N) is 3. The molecule has 33 heavy (non-hydrogen) atoms. The van der Waals surface area contributed by atoms with E-state index in [1.165, 1.54) is 5.56 Å². The van der Waals surface area contributed by atoms with Gasteiger partial charge in [-0.2, -0.15) is 0 Å². The Bertz CT molecular complexity index is 1320. The average molecular weight is 438 g/mol. The van der Waals surface area contributed by atoms with E-state index >= 15 is 0 Å². The number of aliphatic imine (C=N–C) groups is 1. The van der Waals surface area contributed by atoms with Crippen LogP contribution in [0.5, 0.6) is 0 Å². The van der Waals surface area contributed by atoms with Crippen molar-refractivity contribution in [3.63, 3.8) is 0 Å². The van der Waals surface area contributed by atoms with Gasteiger partial charge in [0.25, 0.3) is 0 Å². The lowest BCUT2D eigenvalue weighted by atomic mass is 9.93. The number of ether oxygens (including phenoxy) is 1. The first-order valence-corrected chi connectivity index (χ1v) is 11.4. The summed E-state index contributed by atoms with van der Waals surface area (Å²) < 4.78 is 5.47. The van der Waals surface area contributed by atoms with Gasteiger partial charge < -0.3 is 9.64 Å². The molecule has 1 fully saturated rings. The van der Waals surface area contributed by atoms with Gasteiger partial charge in [0, 0.05) is 48.8 Å². The Morgan fingerprint density at radius 3 is 2.52 bits per heavy atom. The molecule has 0 radical (unpaired) electrons. The number of para-hydroxylation sites is 1. The summed E-state index contributed by atoms with van der Waals surface area (Å²) in [5, 5.41) is 3.24. The average Bonchev–Trinajstić information content (AvgIpc) is 2.88. The number of benzene rings is 3. The van der Waals surface area contributed by atoms with E-state index in [-0.39, 0.29) is 0 Å². The SMILES string of the molecule is CN(C=Nc1c(C=O)cc(Cc2ccnc3ccccc23)c2ccccc12)C1CCOCC1. The summed E-state index contributed by atoms with van der Waals surface area (Å²) in [7, 11) is 2.05. The van der Waals surface area contributed by atoms with Gasteiger partial charge in [0.15, 0.2) is 6.29 Å². The quantitative estimate of drug-likeness (QED) is 0.225. The van der Waals surface area contributed by atoms with Crippen molar-refractivity contribution in [1.82, 2.24) is 9.88 Å². The number of pyridine rings is 1. The molecule has 1 aliphatic rings. The Balaban J connectivity index is 1.55. The highest BCUT2D eigenvalue weighted by Crippen LogP contribution is 2.34. The first kappa shape index (κ1) is 21.3. The second-order valence-corrected chi connectivity index (χ2v) is 8.55. The lowest BCUT2D eigenvalue weighted by Crippen LogP contribution is -2.35. The maximum Gasteiger partial charge on any atom is 0.152 e. The molecule has 0 atom stereocenters. The summed E-state index contributed by atoms with van der Waals surface area (Å²) in [6, 6.07) is 20.8. The molecule has 0 unspecified atom stereocenters. The monoisotopic (exact) mass is 437 g/mol. The molecule has 5 nitrogen and oxygen atoms in total. The lowest BCUT2D eigenvalue weighted by Gasteiger charge is -2.29. The first-order chi connectivity index (χ1) is 16.2. The Kier molecular flexibility index (Phi) is 6.13. The number of carbonyl (C=O) groups excluding carboxylic acids is 1. The van der Waals surface area contributed by atoms with E-state index < -0.39 is 0 Å². The smallest absolute Gasteiger partial charge is 0.152 e. The molecule has 3 aromatic carbocycles. The fraction of sp³-hybridized carbons (Fsp3) is 0.250. The predicted octanol–water partition coefficient (Wildman–Crippen LogP) is 5.56. The van der Waals surface area contributed by atoms with E-state index in [9.17, 15) is 4.79 Å². The van der Waals surface area contributed by atoms with Crippen LogP contribution in [0, 0.1) is 0 Å². The number of rotatable bonds is 6. The summed E-state index contributed by atoms with van der Waals surface area (Å²) in [6.45, 7) is 1.56. The number of fused-ring (bicyclic) bond motifs is 2. The molecule has 0 spiro atoms. The zero-order chi connectivity index (χ0) is 22.6. The van der Waals surface area contributed by atoms with Crippen molar-refractivity contribution < 1.29 is 9.53 Å². The number of hydrogen-bond donors (Lipinski definition) is 0. The van der Waals surface area contributed by atoms with Gasteiger partial charge in [-0.1, -0.05) is 42.5 Å². The lowest BCUT2D eigenvalue weighted by molar-refractivity contribution is 0.0616. The van der Waals surface area contributed by atoms with Crippen LogP contribution in [-0.2, 0) is 11.2 Å². The summed E-state index contributed by atoms with van der Waals surface area (Å²) in [5.74, 6) is 0. The first-order valence-electron chi connectivity index (χ1n) is 11.4. The van der Waals surface area contributed by atoms with E-state index in [4.69, 9.17) is 9.73 Å². The molecule has 1 saturated heterocycles. The van der Waals surface area contributed by atoms with Gasteiger partial charge in [-0.3, -0.25) is 9.78 Å². The van der Waals surface area contributed by atoms with Crippen LogP contribution < -0.4 is 0 Å². The van der Waals surface area contributed by atoms with Crippen LogP contribution in [0.1, 0.15) is 34.3 Å². The largest absolute Gasteiger partial charge is 0.381 e. The van der Waals surface area contributed by atoms with Crippen molar-refractivity contribution in [2.24, 2.45) is 4.99 Å². The minimum atomic E-state index is 0.410. The Hall–Kier alpha value is -3.57. The molecule has 0 saturated carbocycles. The van der Waals surface area contributed by atoms with Crippen molar-refractivity contribution in [2.45, 2.75) is 25.3 Å². The highest BCUT2D eigenvalue weighted by Gasteiger charge is 2.17. The maximum absolute atomic E-state index is 12.1. The fourth-order valence-electron chi connectivity index (χ4n) is 4.69. The van der Waals surface area contributed by atoms with Crippen molar-refractivity contribution in [3.05, 3.63) is 83.6 Å². The minimum Gasteiger partial charge on any atom is -0.381 e. The van der Waals surface area contributed by atoms with Crippen LogP contribution >= 0.6 is 0 Å². The zero-order valence-corrected chi connectivity index (χ0v) is 18.8. The molecule has 0 aliphatic carbocycles. The van der Waals surface area contributed by atoms with Crippen LogP contribution in [0.2, 0.25) is 0 Å². The van der Waals surface area contributed by atoms with E-state index in [0.717, 1.165) is 71.7 Å². The summed E-state index contributed by atoms with van der Waals surface area (Å²) in [5.41, 5.74) is 4.62. The van der Waals surface area contributed by atoms with E-state index in [2.05, 4.69) is 34.1 Å². The van der Waals surface area contributed by atoms with Crippen LogP contribution in [-0.4, -0.2) is 48.8 Å². The van der Waals surface area contributed by atoms with E-state index in [1.807, 2.05) is 56.0 Å². The van der Waals surface area contributed by atoms with Gasteiger partial charge in [-0.15, -0.1) is 0 Å². The highest BCUT2D eigenvalue weighted by atomic mass is 16.5. The van der Waals surface area contributed by atoms with Crippen LogP contribution in [0.15, 0.2) is 71.9 Å². The van der Waals surface area contributed by atoms with Gasteiger partial charge in [-0.05, 0) is 54.0 Å². The molecule has 2 heterocycles. The fourth-order valence-corrected chi connectivity index (χ4v) is 4.69. The molecule has 1 aliphatic heterocycles.